The predicted octanol–water partition coefficient (Wildman–Crippen LogP) is 1.35. The van der Waals surface area contributed by atoms with Crippen molar-refractivity contribution in [3.05, 3.63) is 0 Å². The minimum Gasteiger partial charge on any atom is -0.463 e. The Bertz CT molecular complexity index is 212. The Morgan fingerprint density at radius 3 is 2.81 bits per heavy atom. The first-order valence-electron chi connectivity index (χ1n) is 6.15. The number of hydrogen-bond donors (Lipinski definition) is 1. The Balaban J connectivity index is 2.18. The van der Waals surface area contributed by atoms with E-state index in [2.05, 4.69) is 12.2 Å². The lowest BCUT2D eigenvalue weighted by molar-refractivity contribution is -0.157. The molecule has 0 aromatic heterocycles. The van der Waals surface area contributed by atoms with Crippen molar-refractivity contribution in [3.63, 3.8) is 0 Å². The van der Waals surface area contributed by atoms with E-state index in [0.717, 1.165) is 39.0 Å². The van der Waals surface area contributed by atoms with Gasteiger partial charge in [0.25, 0.3) is 0 Å². The fraction of sp³-hybridized carbons (Fsp3) is 0.917. The van der Waals surface area contributed by atoms with E-state index < -0.39 is 0 Å². The lowest BCUT2D eigenvalue weighted by Crippen LogP contribution is -2.44. The summed E-state index contributed by atoms with van der Waals surface area (Å²) in [6, 6.07) is 0. The van der Waals surface area contributed by atoms with Gasteiger partial charge < -0.3 is 14.8 Å². The molecule has 1 aliphatic rings. The number of rotatable bonds is 6. The maximum atomic E-state index is 11.8. The first kappa shape index (κ1) is 13.5. The second-order valence-corrected chi connectivity index (χ2v) is 4.59. The molecule has 1 saturated heterocycles. The van der Waals surface area contributed by atoms with E-state index >= 15 is 0 Å². The van der Waals surface area contributed by atoms with Gasteiger partial charge in [-0.2, -0.15) is 0 Å². The zero-order valence-electron chi connectivity index (χ0n) is 10.4. The van der Waals surface area contributed by atoms with Crippen molar-refractivity contribution in [2.24, 2.45) is 5.41 Å². The van der Waals surface area contributed by atoms with Crippen molar-refractivity contribution in [1.82, 2.24) is 5.32 Å². The Hall–Kier alpha value is -0.610. The second-order valence-electron chi connectivity index (χ2n) is 4.59. The summed E-state index contributed by atoms with van der Waals surface area (Å²) in [5, 5.41) is 3.23. The molecule has 0 radical (unpaired) electrons. The van der Waals surface area contributed by atoms with Crippen LogP contribution in [0.2, 0.25) is 0 Å². The first-order chi connectivity index (χ1) is 7.69. The third-order valence-corrected chi connectivity index (χ3v) is 2.90. The fourth-order valence-corrected chi connectivity index (χ4v) is 1.84. The van der Waals surface area contributed by atoms with Crippen LogP contribution in [0, 0.1) is 5.41 Å². The van der Waals surface area contributed by atoms with Gasteiger partial charge in [0.1, 0.15) is 6.61 Å². The summed E-state index contributed by atoms with van der Waals surface area (Å²) in [6.45, 7) is 7.35. The molecule has 1 heterocycles. The second kappa shape index (κ2) is 6.86. The highest BCUT2D eigenvalue weighted by Crippen LogP contribution is 2.26. The number of nitrogens with one attached hydrogen (secondary N) is 1. The van der Waals surface area contributed by atoms with Crippen LogP contribution in [0.25, 0.3) is 0 Å². The highest BCUT2D eigenvalue weighted by molar-refractivity contribution is 5.76. The smallest absolute Gasteiger partial charge is 0.313 e. The van der Waals surface area contributed by atoms with Crippen LogP contribution in [0.4, 0.5) is 0 Å². The normalized spacial score (nSPS) is 25.4. The SMILES string of the molecule is CCCOCCOC(=O)C1(C)CCCNC1. The van der Waals surface area contributed by atoms with Gasteiger partial charge in [0.05, 0.1) is 12.0 Å². The van der Waals surface area contributed by atoms with Gasteiger partial charge in [-0.05, 0) is 32.7 Å². The average molecular weight is 229 g/mol. The number of carbonyl (C=O) groups is 1. The van der Waals surface area contributed by atoms with Gasteiger partial charge in [0.2, 0.25) is 0 Å². The highest BCUT2D eigenvalue weighted by Gasteiger charge is 2.35. The summed E-state index contributed by atoms with van der Waals surface area (Å²) >= 11 is 0. The molecular formula is C12H23NO3. The number of carbonyl (C=O) groups excluding carboxylic acids is 1. The van der Waals surface area contributed by atoms with Crippen molar-refractivity contribution in [3.8, 4) is 0 Å². The molecule has 94 valence electrons. The number of piperidine rings is 1. The Labute approximate surface area is 97.7 Å². The minimum atomic E-state index is -0.344. The Kier molecular flexibility index (Phi) is 5.77. The maximum absolute atomic E-state index is 11.8. The van der Waals surface area contributed by atoms with Crippen LogP contribution in [0.3, 0.4) is 0 Å². The lowest BCUT2D eigenvalue weighted by Gasteiger charge is -2.31. The third kappa shape index (κ3) is 4.10. The summed E-state index contributed by atoms with van der Waals surface area (Å²) in [5.41, 5.74) is -0.344. The quantitative estimate of drug-likeness (QED) is 0.551. The van der Waals surface area contributed by atoms with Crippen molar-refractivity contribution in [2.45, 2.75) is 33.1 Å². The molecule has 0 amide bonds. The van der Waals surface area contributed by atoms with E-state index in [1.807, 2.05) is 6.92 Å². The van der Waals surface area contributed by atoms with Crippen LogP contribution >= 0.6 is 0 Å². The van der Waals surface area contributed by atoms with Crippen molar-refractivity contribution >= 4 is 5.97 Å². The molecule has 0 aliphatic carbocycles. The molecule has 1 atom stereocenters. The topological polar surface area (TPSA) is 47.6 Å². The standard InChI is InChI=1S/C12H23NO3/c1-3-7-15-8-9-16-11(14)12(2)5-4-6-13-10-12/h13H,3-10H2,1-2H3. The third-order valence-electron chi connectivity index (χ3n) is 2.90. The van der Waals surface area contributed by atoms with E-state index in [-0.39, 0.29) is 11.4 Å². The number of esters is 1. The molecule has 4 nitrogen and oxygen atoms in total. The summed E-state index contributed by atoms with van der Waals surface area (Å²) < 4.78 is 10.5. The van der Waals surface area contributed by atoms with Gasteiger partial charge in [-0.3, -0.25) is 4.79 Å². The summed E-state index contributed by atoms with van der Waals surface area (Å²) in [4.78, 5) is 11.8. The van der Waals surface area contributed by atoms with Crippen LogP contribution in [-0.2, 0) is 14.3 Å². The molecule has 4 heteroatoms. The maximum Gasteiger partial charge on any atom is 0.313 e. The molecule has 0 spiro atoms. The number of hydrogen-bond acceptors (Lipinski definition) is 4. The zero-order valence-corrected chi connectivity index (χ0v) is 10.4. The molecule has 1 aliphatic heterocycles. The predicted molar refractivity (Wildman–Crippen MR) is 62.3 cm³/mol. The lowest BCUT2D eigenvalue weighted by atomic mass is 9.83. The fourth-order valence-electron chi connectivity index (χ4n) is 1.84. The molecule has 1 rings (SSSR count). The minimum absolute atomic E-state index is 0.0974. The van der Waals surface area contributed by atoms with Gasteiger partial charge in [-0.25, -0.2) is 0 Å². The van der Waals surface area contributed by atoms with Gasteiger partial charge in [-0.15, -0.1) is 0 Å². The molecule has 0 saturated carbocycles. The van der Waals surface area contributed by atoms with Crippen LogP contribution in [0.5, 0.6) is 0 Å². The summed E-state index contributed by atoms with van der Waals surface area (Å²) in [5.74, 6) is -0.0974. The molecule has 16 heavy (non-hydrogen) atoms. The molecule has 0 aromatic rings. The van der Waals surface area contributed by atoms with E-state index in [0.29, 0.717) is 13.2 Å². The average Bonchev–Trinajstić information content (AvgIpc) is 2.29. The van der Waals surface area contributed by atoms with Gasteiger partial charge in [0, 0.05) is 13.2 Å². The van der Waals surface area contributed by atoms with Crippen LogP contribution < -0.4 is 5.32 Å². The van der Waals surface area contributed by atoms with E-state index in [4.69, 9.17) is 9.47 Å². The highest BCUT2D eigenvalue weighted by atomic mass is 16.6. The monoisotopic (exact) mass is 229 g/mol. The molecular weight excluding hydrogens is 206 g/mol. The van der Waals surface area contributed by atoms with Crippen molar-refractivity contribution in [1.29, 1.82) is 0 Å². The summed E-state index contributed by atoms with van der Waals surface area (Å²) in [6.07, 6.45) is 2.95. The molecule has 0 bridgehead atoms. The number of ether oxygens (including phenoxy) is 2. The van der Waals surface area contributed by atoms with Crippen molar-refractivity contribution in [2.75, 3.05) is 32.9 Å². The molecule has 1 unspecified atom stereocenters. The largest absolute Gasteiger partial charge is 0.463 e. The Morgan fingerprint density at radius 2 is 2.19 bits per heavy atom. The van der Waals surface area contributed by atoms with E-state index in [9.17, 15) is 4.79 Å². The first-order valence-corrected chi connectivity index (χ1v) is 6.15. The molecule has 1 fully saturated rings. The van der Waals surface area contributed by atoms with Crippen LogP contribution in [-0.4, -0.2) is 38.9 Å². The van der Waals surface area contributed by atoms with Crippen LogP contribution in [0.15, 0.2) is 0 Å². The van der Waals surface area contributed by atoms with Crippen molar-refractivity contribution < 1.29 is 14.3 Å². The molecule has 1 N–H and O–H groups in total. The van der Waals surface area contributed by atoms with E-state index in [1.165, 1.54) is 0 Å². The summed E-state index contributed by atoms with van der Waals surface area (Å²) in [7, 11) is 0. The zero-order chi connectivity index (χ0) is 11.9. The van der Waals surface area contributed by atoms with Gasteiger partial charge in [0.15, 0.2) is 0 Å². The molecule has 0 aromatic carbocycles. The van der Waals surface area contributed by atoms with Crippen LogP contribution in [0.1, 0.15) is 33.1 Å². The Morgan fingerprint density at radius 1 is 1.38 bits per heavy atom. The van der Waals surface area contributed by atoms with E-state index in [1.54, 1.807) is 0 Å². The van der Waals surface area contributed by atoms with Gasteiger partial charge in [-0.1, -0.05) is 6.92 Å². The van der Waals surface area contributed by atoms with Gasteiger partial charge >= 0.3 is 5.97 Å².